The van der Waals surface area contributed by atoms with Crippen LogP contribution in [0.25, 0.3) is 5.57 Å². The van der Waals surface area contributed by atoms with Crippen LogP contribution in [0.15, 0.2) is 24.3 Å². The van der Waals surface area contributed by atoms with Crippen molar-refractivity contribution in [1.29, 1.82) is 0 Å². The summed E-state index contributed by atoms with van der Waals surface area (Å²) in [6.07, 6.45) is 4.87. The molecule has 1 aromatic rings. The molecule has 0 radical (unpaired) electrons. The van der Waals surface area contributed by atoms with E-state index in [2.05, 4.69) is 6.08 Å². The van der Waals surface area contributed by atoms with E-state index in [4.69, 9.17) is 25.8 Å². The molecule has 1 fully saturated rings. The standard InChI is InChI=1S/C15H17ClO3/c1-17-14-3-2-12(10-13(14)16)11-4-6-15(7-5-11)18-8-9-19-15/h2-4,10H,5-9H2,1H3. The fourth-order valence-electron chi connectivity index (χ4n) is 2.70. The molecule has 1 heterocycles. The van der Waals surface area contributed by atoms with Crippen LogP contribution in [-0.4, -0.2) is 26.1 Å². The number of ether oxygens (including phenoxy) is 3. The van der Waals surface area contributed by atoms with Crippen molar-refractivity contribution < 1.29 is 14.2 Å². The van der Waals surface area contributed by atoms with Crippen molar-refractivity contribution in [3.8, 4) is 5.75 Å². The Labute approximate surface area is 118 Å². The molecular formula is C15H17ClO3. The Kier molecular flexibility index (Phi) is 3.52. The molecule has 19 heavy (non-hydrogen) atoms. The first-order valence-corrected chi connectivity index (χ1v) is 6.91. The van der Waals surface area contributed by atoms with Crippen LogP contribution in [0, 0.1) is 0 Å². The summed E-state index contributed by atoms with van der Waals surface area (Å²) in [5.41, 5.74) is 2.45. The lowest BCUT2D eigenvalue weighted by Crippen LogP contribution is -2.31. The third-order valence-corrected chi connectivity index (χ3v) is 4.07. The van der Waals surface area contributed by atoms with Gasteiger partial charge in [-0.2, -0.15) is 0 Å². The van der Waals surface area contributed by atoms with E-state index in [1.54, 1.807) is 7.11 Å². The van der Waals surface area contributed by atoms with E-state index in [9.17, 15) is 0 Å². The van der Waals surface area contributed by atoms with Crippen molar-refractivity contribution in [2.24, 2.45) is 0 Å². The van der Waals surface area contributed by atoms with Gasteiger partial charge in [0.25, 0.3) is 0 Å². The Morgan fingerprint density at radius 2 is 2.05 bits per heavy atom. The van der Waals surface area contributed by atoms with Crippen LogP contribution in [0.5, 0.6) is 5.75 Å². The van der Waals surface area contributed by atoms with Gasteiger partial charge in [0.05, 0.1) is 25.3 Å². The van der Waals surface area contributed by atoms with Crippen molar-refractivity contribution in [1.82, 2.24) is 0 Å². The summed E-state index contributed by atoms with van der Waals surface area (Å²) < 4.78 is 16.6. The topological polar surface area (TPSA) is 27.7 Å². The maximum absolute atomic E-state index is 6.17. The SMILES string of the molecule is COc1ccc(C2=CCC3(CC2)OCCO3)cc1Cl. The summed E-state index contributed by atoms with van der Waals surface area (Å²) in [6, 6.07) is 5.91. The molecule has 4 heteroatoms. The smallest absolute Gasteiger partial charge is 0.172 e. The second kappa shape index (κ2) is 5.16. The van der Waals surface area contributed by atoms with E-state index in [-0.39, 0.29) is 5.79 Å². The molecule has 2 aliphatic rings. The summed E-state index contributed by atoms with van der Waals surface area (Å²) in [4.78, 5) is 0. The maximum Gasteiger partial charge on any atom is 0.172 e. The second-order valence-corrected chi connectivity index (χ2v) is 5.30. The highest BCUT2D eigenvalue weighted by molar-refractivity contribution is 6.32. The van der Waals surface area contributed by atoms with Crippen molar-refractivity contribution in [2.75, 3.05) is 20.3 Å². The van der Waals surface area contributed by atoms with Crippen molar-refractivity contribution >= 4 is 17.2 Å². The highest BCUT2D eigenvalue weighted by atomic mass is 35.5. The Bertz CT molecular complexity index is 504. The number of halogens is 1. The van der Waals surface area contributed by atoms with Gasteiger partial charge in [0, 0.05) is 12.8 Å². The molecule has 0 saturated carbocycles. The molecule has 3 rings (SSSR count). The first kappa shape index (κ1) is 13.0. The van der Waals surface area contributed by atoms with Gasteiger partial charge in [0.15, 0.2) is 5.79 Å². The Hall–Kier alpha value is -1.03. The van der Waals surface area contributed by atoms with Crippen molar-refractivity contribution in [3.05, 3.63) is 34.9 Å². The molecule has 1 aromatic carbocycles. The van der Waals surface area contributed by atoms with E-state index in [0.717, 1.165) is 24.8 Å². The van der Waals surface area contributed by atoms with Crippen LogP contribution in [0.2, 0.25) is 5.02 Å². The number of hydrogen-bond acceptors (Lipinski definition) is 3. The molecular weight excluding hydrogens is 264 g/mol. The lowest BCUT2D eigenvalue weighted by Gasteiger charge is -2.30. The van der Waals surface area contributed by atoms with Crippen LogP contribution in [0.3, 0.4) is 0 Å². The Balaban J connectivity index is 1.80. The van der Waals surface area contributed by atoms with E-state index in [1.807, 2.05) is 18.2 Å². The molecule has 0 N–H and O–H groups in total. The zero-order valence-electron chi connectivity index (χ0n) is 10.9. The van der Waals surface area contributed by atoms with Crippen LogP contribution >= 0.6 is 11.6 Å². The van der Waals surface area contributed by atoms with Gasteiger partial charge >= 0.3 is 0 Å². The number of allylic oxidation sites excluding steroid dienone is 1. The average Bonchev–Trinajstić information content (AvgIpc) is 2.88. The average molecular weight is 281 g/mol. The predicted octanol–water partition coefficient (Wildman–Crippen LogP) is 3.66. The lowest BCUT2D eigenvalue weighted by atomic mass is 9.90. The Morgan fingerprint density at radius 1 is 1.26 bits per heavy atom. The summed E-state index contributed by atoms with van der Waals surface area (Å²) in [5, 5.41) is 0.648. The molecule has 0 aromatic heterocycles. The van der Waals surface area contributed by atoms with Gasteiger partial charge in [-0.3, -0.25) is 0 Å². The molecule has 0 atom stereocenters. The Morgan fingerprint density at radius 3 is 2.63 bits per heavy atom. The summed E-state index contributed by atoms with van der Waals surface area (Å²) in [6.45, 7) is 1.41. The number of benzene rings is 1. The first-order valence-electron chi connectivity index (χ1n) is 6.53. The minimum atomic E-state index is -0.361. The summed E-state index contributed by atoms with van der Waals surface area (Å²) >= 11 is 6.17. The van der Waals surface area contributed by atoms with Crippen LogP contribution in [0.1, 0.15) is 24.8 Å². The zero-order chi connectivity index (χ0) is 13.3. The number of methoxy groups -OCH3 is 1. The van der Waals surface area contributed by atoms with Gasteiger partial charge in [-0.1, -0.05) is 23.7 Å². The van der Waals surface area contributed by atoms with Crippen molar-refractivity contribution in [3.63, 3.8) is 0 Å². The molecule has 0 unspecified atom stereocenters. The fraction of sp³-hybridized carbons (Fsp3) is 0.467. The lowest BCUT2D eigenvalue weighted by molar-refractivity contribution is -0.159. The highest BCUT2D eigenvalue weighted by Crippen LogP contribution is 2.39. The molecule has 1 aliphatic carbocycles. The van der Waals surface area contributed by atoms with E-state index < -0.39 is 0 Å². The monoisotopic (exact) mass is 280 g/mol. The number of hydrogen-bond donors (Lipinski definition) is 0. The third-order valence-electron chi connectivity index (χ3n) is 3.77. The predicted molar refractivity (Wildman–Crippen MR) is 74.5 cm³/mol. The molecule has 3 nitrogen and oxygen atoms in total. The molecule has 1 saturated heterocycles. The van der Waals surface area contributed by atoms with Crippen LogP contribution in [-0.2, 0) is 9.47 Å². The second-order valence-electron chi connectivity index (χ2n) is 4.89. The van der Waals surface area contributed by atoms with E-state index in [1.165, 1.54) is 5.57 Å². The zero-order valence-corrected chi connectivity index (χ0v) is 11.7. The maximum atomic E-state index is 6.17. The molecule has 1 spiro atoms. The van der Waals surface area contributed by atoms with Gasteiger partial charge < -0.3 is 14.2 Å². The summed E-state index contributed by atoms with van der Waals surface area (Å²) in [7, 11) is 1.62. The van der Waals surface area contributed by atoms with Gasteiger partial charge in [0.1, 0.15) is 5.75 Å². The van der Waals surface area contributed by atoms with Crippen LogP contribution < -0.4 is 4.74 Å². The first-order chi connectivity index (χ1) is 9.22. The van der Waals surface area contributed by atoms with Crippen LogP contribution in [0.4, 0.5) is 0 Å². The van der Waals surface area contributed by atoms with Gasteiger partial charge in [0.2, 0.25) is 0 Å². The number of rotatable bonds is 2. The van der Waals surface area contributed by atoms with E-state index in [0.29, 0.717) is 24.0 Å². The minimum Gasteiger partial charge on any atom is -0.495 e. The molecule has 0 bridgehead atoms. The largest absolute Gasteiger partial charge is 0.495 e. The van der Waals surface area contributed by atoms with Crippen molar-refractivity contribution in [2.45, 2.75) is 25.0 Å². The normalized spacial score (nSPS) is 21.5. The third kappa shape index (κ3) is 2.50. The van der Waals surface area contributed by atoms with E-state index >= 15 is 0 Å². The van der Waals surface area contributed by atoms with Gasteiger partial charge in [-0.05, 0) is 29.7 Å². The molecule has 1 aliphatic heterocycles. The highest BCUT2D eigenvalue weighted by Gasteiger charge is 2.37. The summed E-state index contributed by atoms with van der Waals surface area (Å²) in [5.74, 6) is 0.348. The minimum absolute atomic E-state index is 0.361. The molecule has 102 valence electrons. The molecule has 0 amide bonds. The van der Waals surface area contributed by atoms with Gasteiger partial charge in [-0.15, -0.1) is 0 Å². The fourth-order valence-corrected chi connectivity index (χ4v) is 2.95. The quantitative estimate of drug-likeness (QED) is 0.827. The van der Waals surface area contributed by atoms with Gasteiger partial charge in [-0.25, -0.2) is 0 Å².